The van der Waals surface area contributed by atoms with Gasteiger partial charge in [-0.1, -0.05) is 50.0 Å². The SMILES string of the molecule is COc1ccc2nc(C)c(O[C@@H]3C[C@H]4C(=O)N[C@]5(C(=O)NS(=O)(=O)C6(C)CC6)C[C@H]5/C=C\CCCCC[C@H](CC(=O)OC(C)(C)C)C(=O)N4C3)nc2c1.COc1ccc2nc(C)c(O[C@@H]3C[C@H]4C(=O)N[C@]5(C(=O)NS(=O)(=O)C6CC6)C[C@H]5/C=C\CCCCC[C@H](CC(=O)OC5CCCC5)C(=O)N4C3)nc2c1. The molecule has 106 heavy (non-hydrogen) atoms. The van der Waals surface area contributed by atoms with Crippen molar-refractivity contribution in [3.8, 4) is 23.3 Å². The fourth-order valence-corrected chi connectivity index (χ4v) is 17.8. The molecule has 30 heteroatoms. The highest BCUT2D eigenvalue weighted by Crippen LogP contribution is 2.49. The van der Waals surface area contributed by atoms with Crippen LogP contribution in [0.15, 0.2) is 60.7 Å². The van der Waals surface area contributed by atoms with Gasteiger partial charge in [0.15, 0.2) is 0 Å². The van der Waals surface area contributed by atoms with E-state index in [1.807, 2.05) is 24.3 Å². The first kappa shape index (κ1) is 77.1. The van der Waals surface area contributed by atoms with Crippen molar-refractivity contribution >= 4 is 89.5 Å². The van der Waals surface area contributed by atoms with Crippen molar-refractivity contribution in [3.05, 3.63) is 72.1 Å². The van der Waals surface area contributed by atoms with Crippen LogP contribution in [0.3, 0.4) is 0 Å². The van der Waals surface area contributed by atoms with Gasteiger partial charge in [0.05, 0.1) is 72.2 Å². The van der Waals surface area contributed by atoms with E-state index in [1.165, 1.54) is 9.80 Å². The predicted molar refractivity (Wildman–Crippen MR) is 388 cm³/mol. The molecule has 0 radical (unpaired) electrons. The number of nitrogens with zero attached hydrogens (tertiary/aromatic N) is 6. The average molecular weight is 1510 g/mol. The zero-order chi connectivity index (χ0) is 75.7. The molecule has 4 aromatic rings. The van der Waals surface area contributed by atoms with Gasteiger partial charge >= 0.3 is 11.9 Å². The minimum atomic E-state index is -3.98. The number of aryl methyl sites for hydroxylation is 2. The molecule has 4 aliphatic heterocycles. The molecule has 2 aromatic heterocycles. The Hall–Kier alpha value is -8.54. The van der Waals surface area contributed by atoms with Gasteiger partial charge in [-0.25, -0.2) is 36.8 Å². The Morgan fingerprint density at radius 3 is 1.47 bits per heavy atom. The number of rotatable bonds is 17. The molecule has 2 saturated heterocycles. The zero-order valence-corrected chi connectivity index (χ0v) is 63.4. The number of benzene rings is 2. The monoisotopic (exact) mass is 1500 g/mol. The largest absolute Gasteiger partial charge is 0.497 e. The number of nitrogens with one attached hydrogen (secondary N) is 4. The number of hydrogen-bond acceptors (Lipinski definition) is 22. The first-order chi connectivity index (χ1) is 50.4. The van der Waals surface area contributed by atoms with Crippen molar-refractivity contribution in [3.63, 3.8) is 0 Å². The van der Waals surface area contributed by atoms with Gasteiger partial charge in [0, 0.05) is 48.6 Å². The molecule has 7 fully saturated rings. The Morgan fingerprint density at radius 1 is 0.575 bits per heavy atom. The Morgan fingerprint density at radius 2 is 1.03 bits per heavy atom. The number of hydrogen-bond donors (Lipinski definition) is 4. The van der Waals surface area contributed by atoms with Crippen molar-refractivity contribution < 1.29 is 83.6 Å². The Balaban J connectivity index is 0.000000199. The van der Waals surface area contributed by atoms with Crippen LogP contribution in [0.4, 0.5) is 0 Å². The Bertz CT molecular complexity index is 4360. The molecule has 574 valence electrons. The predicted octanol–water partition coefficient (Wildman–Crippen LogP) is 7.83. The number of amides is 6. The number of carbonyl (C=O) groups is 8. The molecular weight excluding hydrogens is 1410 g/mol. The third kappa shape index (κ3) is 17.8. The van der Waals surface area contributed by atoms with E-state index in [0.717, 1.165) is 57.8 Å². The zero-order valence-electron chi connectivity index (χ0n) is 61.8. The third-order valence-corrected chi connectivity index (χ3v) is 25.9. The summed E-state index contributed by atoms with van der Waals surface area (Å²) in [6.07, 6.45) is 18.9. The van der Waals surface area contributed by atoms with Gasteiger partial charge in [0.25, 0.3) is 11.8 Å². The lowest BCUT2D eigenvalue weighted by molar-refractivity contribution is -0.159. The van der Waals surface area contributed by atoms with Gasteiger partial charge in [0.1, 0.15) is 70.0 Å². The number of ether oxygens (including phenoxy) is 6. The first-order valence-electron chi connectivity index (χ1n) is 37.5. The summed E-state index contributed by atoms with van der Waals surface area (Å²) in [5, 5.41) is 5.17. The van der Waals surface area contributed by atoms with Gasteiger partial charge in [-0.3, -0.25) is 47.8 Å². The molecule has 10 atom stereocenters. The quantitative estimate of drug-likeness (QED) is 0.0577. The molecule has 5 saturated carbocycles. The number of esters is 2. The third-order valence-electron chi connectivity index (χ3n) is 21.9. The molecule has 6 amide bonds. The van der Waals surface area contributed by atoms with Crippen LogP contribution >= 0.6 is 0 Å². The molecule has 0 unspecified atom stereocenters. The second-order valence-corrected chi connectivity index (χ2v) is 35.6. The second kappa shape index (κ2) is 31.3. The molecular formula is C76H100N10O18S2. The summed E-state index contributed by atoms with van der Waals surface area (Å²) >= 11 is 0. The topological polar surface area (TPSA) is 366 Å². The number of fused-ring (bicyclic) bond motifs is 6. The van der Waals surface area contributed by atoms with E-state index < -0.39 is 136 Å². The van der Waals surface area contributed by atoms with Crippen molar-refractivity contribution in [2.75, 3.05) is 27.3 Å². The lowest BCUT2D eigenvalue weighted by Crippen LogP contribution is -2.57. The highest BCUT2D eigenvalue weighted by molar-refractivity contribution is 7.91. The summed E-state index contributed by atoms with van der Waals surface area (Å²) in [7, 11) is -4.74. The van der Waals surface area contributed by atoms with Crippen LogP contribution in [0, 0.1) is 37.5 Å². The van der Waals surface area contributed by atoms with Crippen LogP contribution in [0.1, 0.15) is 193 Å². The van der Waals surface area contributed by atoms with Crippen LogP contribution in [0.2, 0.25) is 0 Å². The van der Waals surface area contributed by atoms with Crippen molar-refractivity contribution in [2.24, 2.45) is 23.7 Å². The summed E-state index contributed by atoms with van der Waals surface area (Å²) in [4.78, 5) is 133. The highest BCUT2D eigenvalue weighted by Gasteiger charge is 2.64. The van der Waals surface area contributed by atoms with Gasteiger partial charge in [-0.15, -0.1) is 0 Å². The van der Waals surface area contributed by atoms with E-state index in [9.17, 15) is 55.2 Å². The van der Waals surface area contributed by atoms with Gasteiger partial charge in [-0.2, -0.15) is 0 Å². The molecule has 6 heterocycles. The number of allylic oxidation sites excluding steroid dienone is 2. The summed E-state index contributed by atoms with van der Waals surface area (Å²) in [6.45, 7) is 10.4. The normalized spacial score (nSPS) is 28.5. The maximum Gasteiger partial charge on any atom is 0.307 e. The second-order valence-electron chi connectivity index (χ2n) is 31.4. The van der Waals surface area contributed by atoms with E-state index in [0.29, 0.717) is 103 Å². The standard InChI is InChI=1S/C38H49N5O9S.C38H51N5O9S/c1-23-35(40-31-19-27(50-2)14-17-30(31)39-23)52-28-20-32-34(45)41-38(37(47)42-53(48,49)29-15-16-29)21-25(38)11-7-5-3-4-6-10-24(36(46)43(32)22-28)18-33(44)51-26-12-8-9-13-26;1-23-33(40-29-19-26(50-6)14-15-28(29)39-23)51-27-20-30-32(45)41-38(35(47)42-53(48,49)37(5)16-17-37)21-25(38)13-11-9-7-8-10-12-24(34(46)43(30)22-27)18-31(44)52-36(2,3)4/h7,11,14,17,19,24-26,28-29,32H,3-6,8-10,12-13,15-16,18,20-22H2,1-2H3,(H,41,45)(H,42,47);11,13-15,19,24-25,27,30H,7-10,12,16-18,20-22H2,1-6H3,(H,41,45)(H,42,47)/b11-7-;13-11-/t24-,25-,28-,32+,38-;24-,25-,27-,30+,38-/m11/s1. The minimum Gasteiger partial charge on any atom is -0.497 e. The number of aromatic nitrogens is 4. The van der Waals surface area contributed by atoms with Crippen LogP contribution in [-0.2, 0) is 67.9 Å². The lowest BCUT2D eigenvalue weighted by atomic mass is 9.95. The van der Waals surface area contributed by atoms with E-state index in [4.69, 9.17) is 28.4 Å². The molecule has 13 rings (SSSR count). The van der Waals surface area contributed by atoms with Crippen LogP contribution < -0.4 is 39.0 Å². The smallest absolute Gasteiger partial charge is 0.307 e. The summed E-state index contributed by atoms with van der Waals surface area (Å²) in [5.41, 5.74) is -0.308. The molecule has 5 aliphatic carbocycles. The van der Waals surface area contributed by atoms with Gasteiger partial charge in [0.2, 0.25) is 55.4 Å². The molecule has 28 nitrogen and oxygen atoms in total. The molecule has 0 spiro atoms. The average Bonchev–Trinajstić information content (AvgIpc) is 1.57. The van der Waals surface area contributed by atoms with Crippen molar-refractivity contribution in [1.29, 1.82) is 0 Å². The van der Waals surface area contributed by atoms with Crippen LogP contribution in [0.5, 0.6) is 23.3 Å². The maximum atomic E-state index is 14.5. The van der Waals surface area contributed by atoms with Crippen molar-refractivity contribution in [2.45, 2.75) is 253 Å². The molecule has 4 N–H and O–H groups in total. The molecule has 0 bridgehead atoms. The van der Waals surface area contributed by atoms with Crippen LogP contribution in [-0.4, -0.2) is 178 Å². The Labute approximate surface area is 618 Å². The van der Waals surface area contributed by atoms with Gasteiger partial charge < -0.3 is 48.9 Å². The first-order valence-corrected chi connectivity index (χ1v) is 40.5. The maximum absolute atomic E-state index is 14.5. The summed E-state index contributed by atoms with van der Waals surface area (Å²) in [5.74, 6) is -5.08. The fourth-order valence-electron chi connectivity index (χ4n) is 15.1. The summed E-state index contributed by atoms with van der Waals surface area (Å²) in [6, 6.07) is 8.50. The minimum absolute atomic E-state index is 0.00820. The van der Waals surface area contributed by atoms with Gasteiger partial charge in [-0.05, 0) is 169 Å². The van der Waals surface area contributed by atoms with Crippen LogP contribution in [0.25, 0.3) is 22.1 Å². The molecule has 2 aromatic carbocycles. The fraction of sp³-hybridized carbons (Fsp3) is 0.632. The number of methoxy groups -OCH3 is 2. The Kier molecular flexibility index (Phi) is 22.8. The van der Waals surface area contributed by atoms with Crippen molar-refractivity contribution in [1.82, 2.24) is 49.8 Å². The lowest BCUT2D eigenvalue weighted by Gasteiger charge is -2.30. The molecule has 9 aliphatic rings. The summed E-state index contributed by atoms with van der Waals surface area (Å²) < 4.78 is 90.2. The number of sulfonamides is 2. The van der Waals surface area contributed by atoms with E-state index in [1.54, 1.807) is 92.2 Å². The van der Waals surface area contributed by atoms with E-state index in [-0.39, 0.29) is 75.4 Å². The van der Waals surface area contributed by atoms with E-state index >= 15 is 0 Å². The van der Waals surface area contributed by atoms with E-state index in [2.05, 4.69) is 40.0 Å². The highest BCUT2D eigenvalue weighted by atomic mass is 32.2. The number of carbonyl (C=O) groups excluding carboxylic acids is 8.